The van der Waals surface area contributed by atoms with Crippen molar-refractivity contribution in [2.24, 2.45) is 5.92 Å². The molecule has 0 bridgehead atoms. The summed E-state index contributed by atoms with van der Waals surface area (Å²) in [6.07, 6.45) is 2.29. The van der Waals surface area contributed by atoms with Crippen LogP contribution in [0.5, 0.6) is 0 Å². The summed E-state index contributed by atoms with van der Waals surface area (Å²) in [6.45, 7) is 12.8. The van der Waals surface area contributed by atoms with Crippen molar-refractivity contribution in [2.45, 2.75) is 82.9 Å². The molecule has 0 radical (unpaired) electrons. The summed E-state index contributed by atoms with van der Waals surface area (Å²) < 4.78 is 31.4. The van der Waals surface area contributed by atoms with Crippen molar-refractivity contribution < 1.29 is 12.6 Å². The van der Waals surface area contributed by atoms with Crippen molar-refractivity contribution in [1.29, 1.82) is 0 Å². The van der Waals surface area contributed by atoms with Crippen molar-refractivity contribution in [3.8, 4) is 0 Å². The first kappa shape index (κ1) is 20.4. The molecule has 0 saturated carbocycles. The van der Waals surface area contributed by atoms with E-state index in [0.717, 1.165) is 18.4 Å². The Morgan fingerprint density at radius 3 is 2.20 bits per heavy atom. The van der Waals surface area contributed by atoms with E-state index in [1.807, 2.05) is 6.92 Å². The molecule has 1 saturated heterocycles. The van der Waals surface area contributed by atoms with Gasteiger partial charge in [0.15, 0.2) is 0 Å². The van der Waals surface area contributed by atoms with Gasteiger partial charge in [-0.3, -0.25) is 9.08 Å². The molecule has 4 unspecified atom stereocenters. The minimum Gasteiger partial charge on any atom is -0.295 e. The third-order valence-corrected chi connectivity index (χ3v) is 8.14. The Hall–Kier alpha value is -0.910. The Balaban J connectivity index is 2.35. The SMILES string of the molecule is CCC1(C)CC(OS(=O)(=O)c2ccc(C)cc2)C(C)C(C)(CC)N1C. The second-order valence-electron chi connectivity index (χ2n) is 8.01. The summed E-state index contributed by atoms with van der Waals surface area (Å²) in [5.74, 6) is 0.113. The number of piperidine rings is 1. The summed E-state index contributed by atoms with van der Waals surface area (Å²) in [5.41, 5.74) is 0.852. The predicted octanol–water partition coefficient (Wildman–Crippen LogP) is 4.38. The molecule has 0 spiro atoms. The number of rotatable bonds is 5. The van der Waals surface area contributed by atoms with E-state index in [0.29, 0.717) is 6.42 Å². The van der Waals surface area contributed by atoms with Gasteiger partial charge in [-0.25, -0.2) is 0 Å². The van der Waals surface area contributed by atoms with Crippen molar-refractivity contribution in [1.82, 2.24) is 4.90 Å². The standard InChI is InChI=1S/C20H33NO3S/c1-8-19(5)14-18(16(4)20(6,9-2)21(19)7)24-25(22,23)17-12-10-15(3)11-13-17/h10-13,16,18H,8-9,14H2,1-7H3. The fourth-order valence-corrected chi connectivity index (χ4v) is 5.19. The molecule has 1 aromatic rings. The average Bonchev–Trinajstić information content (AvgIpc) is 2.58. The summed E-state index contributed by atoms with van der Waals surface area (Å²) in [6, 6.07) is 6.87. The maximum absolute atomic E-state index is 12.8. The summed E-state index contributed by atoms with van der Waals surface area (Å²) in [7, 11) is -1.60. The molecule has 0 N–H and O–H groups in total. The average molecular weight is 368 g/mol. The van der Waals surface area contributed by atoms with Gasteiger partial charge in [0, 0.05) is 17.0 Å². The smallest absolute Gasteiger partial charge is 0.295 e. The largest absolute Gasteiger partial charge is 0.297 e. The first-order valence-corrected chi connectivity index (χ1v) is 10.6. The summed E-state index contributed by atoms with van der Waals surface area (Å²) in [5, 5.41) is 0. The van der Waals surface area contributed by atoms with Crippen LogP contribution in [0.3, 0.4) is 0 Å². The van der Waals surface area contributed by atoms with Gasteiger partial charge in [0.25, 0.3) is 10.1 Å². The molecular formula is C20H33NO3S. The zero-order chi connectivity index (χ0) is 19.0. The van der Waals surface area contributed by atoms with Gasteiger partial charge < -0.3 is 0 Å². The molecule has 25 heavy (non-hydrogen) atoms. The van der Waals surface area contributed by atoms with E-state index in [9.17, 15) is 8.42 Å². The van der Waals surface area contributed by atoms with Crippen LogP contribution in [0.1, 0.15) is 59.4 Å². The molecule has 0 aliphatic carbocycles. The van der Waals surface area contributed by atoms with E-state index in [1.54, 1.807) is 24.3 Å². The predicted molar refractivity (Wildman–Crippen MR) is 102 cm³/mol. The third-order valence-electron chi connectivity index (χ3n) is 6.79. The van der Waals surface area contributed by atoms with E-state index in [-0.39, 0.29) is 28.0 Å². The molecule has 0 amide bonds. The molecule has 5 heteroatoms. The Morgan fingerprint density at radius 2 is 1.72 bits per heavy atom. The number of hydrogen-bond donors (Lipinski definition) is 0. The molecule has 1 aromatic carbocycles. The van der Waals surface area contributed by atoms with Gasteiger partial charge in [-0.05, 0) is 59.2 Å². The Morgan fingerprint density at radius 1 is 1.16 bits per heavy atom. The molecule has 142 valence electrons. The zero-order valence-electron chi connectivity index (χ0n) is 16.7. The van der Waals surface area contributed by atoms with E-state index >= 15 is 0 Å². The van der Waals surface area contributed by atoms with Crippen molar-refractivity contribution in [3.63, 3.8) is 0 Å². The molecule has 4 atom stereocenters. The van der Waals surface area contributed by atoms with E-state index < -0.39 is 10.1 Å². The van der Waals surface area contributed by atoms with Crippen LogP contribution < -0.4 is 0 Å². The van der Waals surface area contributed by atoms with Crippen LogP contribution >= 0.6 is 0 Å². The lowest BCUT2D eigenvalue weighted by molar-refractivity contribution is -0.113. The highest BCUT2D eigenvalue weighted by atomic mass is 32.2. The fraction of sp³-hybridized carbons (Fsp3) is 0.700. The first-order chi connectivity index (χ1) is 11.5. The minimum atomic E-state index is -3.76. The van der Waals surface area contributed by atoms with Crippen molar-refractivity contribution >= 4 is 10.1 Å². The fourth-order valence-electron chi connectivity index (χ4n) is 4.05. The minimum absolute atomic E-state index is 0.0786. The van der Waals surface area contributed by atoms with E-state index in [4.69, 9.17) is 4.18 Å². The van der Waals surface area contributed by atoms with Gasteiger partial charge in [0.1, 0.15) is 0 Å². The van der Waals surface area contributed by atoms with Crippen molar-refractivity contribution in [3.05, 3.63) is 29.8 Å². The van der Waals surface area contributed by atoms with Gasteiger partial charge in [0.05, 0.1) is 11.0 Å². The Bertz CT molecular complexity index is 700. The molecule has 2 rings (SSSR count). The number of benzene rings is 1. The highest BCUT2D eigenvalue weighted by Gasteiger charge is 2.52. The monoisotopic (exact) mass is 367 g/mol. The van der Waals surface area contributed by atoms with Gasteiger partial charge >= 0.3 is 0 Å². The molecule has 0 aromatic heterocycles. The second kappa shape index (κ2) is 7.01. The van der Waals surface area contributed by atoms with Crippen LogP contribution in [0, 0.1) is 12.8 Å². The lowest BCUT2D eigenvalue weighted by atomic mass is 9.68. The molecule has 1 fully saturated rings. The van der Waals surface area contributed by atoms with Gasteiger partial charge in [0.2, 0.25) is 0 Å². The van der Waals surface area contributed by atoms with Crippen LogP contribution in [0.15, 0.2) is 29.2 Å². The maximum Gasteiger partial charge on any atom is 0.297 e. The highest BCUT2D eigenvalue weighted by Crippen LogP contribution is 2.46. The van der Waals surface area contributed by atoms with Gasteiger partial charge in [-0.15, -0.1) is 0 Å². The lowest BCUT2D eigenvalue weighted by Crippen LogP contribution is -2.66. The Labute approximate surface area is 153 Å². The zero-order valence-corrected chi connectivity index (χ0v) is 17.5. The number of likely N-dealkylation sites (tertiary alicyclic amines) is 1. The van der Waals surface area contributed by atoms with Crippen LogP contribution in [0.4, 0.5) is 0 Å². The number of nitrogens with zero attached hydrogens (tertiary/aromatic N) is 1. The molecular weight excluding hydrogens is 334 g/mol. The molecule has 1 heterocycles. The molecule has 1 aliphatic heterocycles. The van der Waals surface area contributed by atoms with Crippen molar-refractivity contribution in [2.75, 3.05) is 7.05 Å². The van der Waals surface area contributed by atoms with Crippen LogP contribution in [-0.4, -0.2) is 37.5 Å². The summed E-state index contributed by atoms with van der Waals surface area (Å²) in [4.78, 5) is 2.67. The third kappa shape index (κ3) is 3.64. The highest BCUT2D eigenvalue weighted by molar-refractivity contribution is 7.86. The maximum atomic E-state index is 12.8. The van der Waals surface area contributed by atoms with Crippen LogP contribution in [0.2, 0.25) is 0 Å². The van der Waals surface area contributed by atoms with Crippen LogP contribution in [-0.2, 0) is 14.3 Å². The summed E-state index contributed by atoms with van der Waals surface area (Å²) >= 11 is 0. The topological polar surface area (TPSA) is 46.6 Å². The molecule has 4 nitrogen and oxygen atoms in total. The first-order valence-electron chi connectivity index (χ1n) is 9.24. The normalized spacial score (nSPS) is 34.2. The molecule has 1 aliphatic rings. The lowest BCUT2D eigenvalue weighted by Gasteiger charge is -2.59. The van der Waals surface area contributed by atoms with Gasteiger partial charge in [-0.2, -0.15) is 8.42 Å². The number of aryl methyl sites for hydroxylation is 1. The number of hydrogen-bond acceptors (Lipinski definition) is 4. The van der Waals surface area contributed by atoms with Crippen LogP contribution in [0.25, 0.3) is 0 Å². The van der Waals surface area contributed by atoms with Gasteiger partial charge in [-0.1, -0.05) is 38.5 Å². The Kier molecular flexibility index (Phi) is 5.72. The van der Waals surface area contributed by atoms with E-state index in [1.165, 1.54) is 0 Å². The second-order valence-corrected chi connectivity index (χ2v) is 9.59. The quantitative estimate of drug-likeness (QED) is 0.725. The van der Waals surface area contributed by atoms with E-state index in [2.05, 4.69) is 46.6 Å².